The largest absolute Gasteiger partial charge is 0.298 e. The molecule has 0 bridgehead atoms. The van der Waals surface area contributed by atoms with Crippen LogP contribution in [0, 0.1) is 5.41 Å². The van der Waals surface area contributed by atoms with Gasteiger partial charge in [0.15, 0.2) is 5.82 Å². The molecule has 0 aliphatic heterocycles. The van der Waals surface area contributed by atoms with Gasteiger partial charge in [-0.05, 0) is 0 Å². The van der Waals surface area contributed by atoms with E-state index < -0.39 is 0 Å². The van der Waals surface area contributed by atoms with Crippen LogP contribution >= 0.6 is 0 Å². The van der Waals surface area contributed by atoms with Gasteiger partial charge in [0.2, 0.25) is 0 Å². The van der Waals surface area contributed by atoms with Crippen LogP contribution in [0.25, 0.3) is 17.0 Å². The molecule has 6 heteroatoms. The average molecular weight is 250 g/mol. The van der Waals surface area contributed by atoms with Crippen molar-refractivity contribution in [3.63, 3.8) is 0 Å². The number of hydrogen-bond donors (Lipinski definition) is 1. The van der Waals surface area contributed by atoms with Crippen LogP contribution in [0.5, 0.6) is 0 Å². The van der Waals surface area contributed by atoms with Gasteiger partial charge in [-0.1, -0.05) is 31.2 Å². The first-order valence-corrected chi connectivity index (χ1v) is 6.10. The lowest BCUT2D eigenvalue weighted by molar-refractivity contribution is 0.816. The lowest BCUT2D eigenvalue weighted by atomic mass is 10.1. The first-order chi connectivity index (χ1) is 9.29. The third kappa shape index (κ3) is 1.22. The summed E-state index contributed by atoms with van der Waals surface area (Å²) in [5, 5.41) is 20.8. The van der Waals surface area contributed by atoms with Crippen molar-refractivity contribution in [3.05, 3.63) is 41.3 Å². The van der Waals surface area contributed by atoms with Gasteiger partial charge in [0.25, 0.3) is 5.78 Å². The number of fused-ring (bicyclic) bond motifs is 4. The average Bonchev–Trinajstić information content (AvgIpc) is 2.98. The number of benzene rings is 1. The van der Waals surface area contributed by atoms with Crippen molar-refractivity contribution in [1.82, 2.24) is 24.8 Å². The lowest BCUT2D eigenvalue weighted by Crippen LogP contribution is -2.05. The highest BCUT2D eigenvalue weighted by atomic mass is 15.4. The van der Waals surface area contributed by atoms with Crippen LogP contribution in [-0.2, 0) is 6.42 Å². The van der Waals surface area contributed by atoms with Crippen molar-refractivity contribution in [3.8, 4) is 11.3 Å². The monoisotopic (exact) mass is 250 g/mol. The number of aromatic nitrogens is 5. The van der Waals surface area contributed by atoms with Crippen molar-refractivity contribution in [2.75, 3.05) is 0 Å². The van der Waals surface area contributed by atoms with Crippen LogP contribution in [0.4, 0.5) is 0 Å². The molecule has 0 spiro atoms. The summed E-state index contributed by atoms with van der Waals surface area (Å²) in [7, 11) is 0. The molecule has 0 radical (unpaired) electrons. The second kappa shape index (κ2) is 3.44. The molecule has 4 rings (SSSR count). The van der Waals surface area contributed by atoms with Crippen LogP contribution in [0.1, 0.15) is 24.0 Å². The Bertz CT molecular complexity index is 832. The minimum absolute atomic E-state index is 0.404. The summed E-state index contributed by atoms with van der Waals surface area (Å²) in [6, 6.07) is 7.75. The lowest BCUT2D eigenvalue weighted by Gasteiger charge is -2.00. The number of nitrogens with zero attached hydrogens (tertiary/aromatic N) is 5. The van der Waals surface area contributed by atoms with Crippen LogP contribution in [0.15, 0.2) is 24.3 Å². The Labute approximate surface area is 108 Å². The zero-order valence-corrected chi connectivity index (χ0v) is 10.3. The molecule has 0 atom stereocenters. The highest BCUT2D eigenvalue weighted by molar-refractivity contribution is 6.21. The molecule has 0 unspecified atom stereocenters. The summed E-state index contributed by atoms with van der Waals surface area (Å²) >= 11 is 0. The molecule has 1 aliphatic rings. The van der Waals surface area contributed by atoms with Crippen molar-refractivity contribution in [2.45, 2.75) is 13.3 Å². The third-order valence-corrected chi connectivity index (χ3v) is 3.33. The Kier molecular flexibility index (Phi) is 1.87. The van der Waals surface area contributed by atoms with E-state index in [-0.39, 0.29) is 0 Å². The molecule has 2 aromatic heterocycles. The molecule has 0 amide bonds. The first kappa shape index (κ1) is 10.3. The smallest absolute Gasteiger partial charge is 0.272 e. The third-order valence-electron chi connectivity index (χ3n) is 3.33. The van der Waals surface area contributed by atoms with Gasteiger partial charge < -0.3 is 0 Å². The second-order valence-electron chi connectivity index (χ2n) is 4.41. The van der Waals surface area contributed by atoms with Gasteiger partial charge in [-0.3, -0.25) is 5.41 Å². The quantitative estimate of drug-likeness (QED) is 0.555. The molecule has 1 N–H and O–H groups in total. The van der Waals surface area contributed by atoms with E-state index in [4.69, 9.17) is 5.41 Å². The van der Waals surface area contributed by atoms with Gasteiger partial charge in [-0.15, -0.1) is 10.2 Å². The molecule has 0 fully saturated rings. The van der Waals surface area contributed by atoms with Gasteiger partial charge >= 0.3 is 0 Å². The van der Waals surface area contributed by atoms with E-state index in [2.05, 4.69) is 20.3 Å². The molecule has 6 nitrogen and oxygen atoms in total. The standard InChI is InChI=1S/C13H10N6/c1-2-9-16-17-13-15-12-10(14)7-5-3-4-6-8(7)11(12)18-19(9)13/h3-6,14H,2H2,1H3. The van der Waals surface area contributed by atoms with E-state index in [0.29, 0.717) is 17.2 Å². The Morgan fingerprint density at radius 1 is 1.11 bits per heavy atom. The summed E-state index contributed by atoms with van der Waals surface area (Å²) in [6.45, 7) is 2.00. The number of rotatable bonds is 1. The second-order valence-corrected chi connectivity index (χ2v) is 4.41. The molecular formula is C13H10N6. The molecule has 0 saturated heterocycles. The Hall–Kier alpha value is -2.63. The molecule has 92 valence electrons. The molecule has 0 saturated carbocycles. The van der Waals surface area contributed by atoms with E-state index in [1.165, 1.54) is 0 Å². The normalized spacial score (nSPS) is 12.8. The fraction of sp³-hybridized carbons (Fsp3) is 0.154. The van der Waals surface area contributed by atoms with Crippen molar-refractivity contribution in [1.29, 1.82) is 5.41 Å². The molecule has 19 heavy (non-hydrogen) atoms. The number of nitrogens with one attached hydrogen (secondary N) is 1. The molecule has 1 aromatic carbocycles. The van der Waals surface area contributed by atoms with Crippen molar-refractivity contribution in [2.24, 2.45) is 0 Å². The van der Waals surface area contributed by atoms with E-state index >= 15 is 0 Å². The molecule has 3 aromatic rings. The zero-order chi connectivity index (χ0) is 13.0. The first-order valence-electron chi connectivity index (χ1n) is 6.10. The van der Waals surface area contributed by atoms with Crippen LogP contribution in [0.2, 0.25) is 0 Å². The van der Waals surface area contributed by atoms with E-state index in [1.807, 2.05) is 31.2 Å². The maximum atomic E-state index is 8.18. The SMILES string of the molecule is CCc1nnc2nc3c(nn12)-c1ccccc1C3=N. The van der Waals surface area contributed by atoms with Crippen LogP contribution in [-0.4, -0.2) is 30.5 Å². The summed E-state index contributed by atoms with van der Waals surface area (Å²) < 4.78 is 1.66. The highest BCUT2D eigenvalue weighted by Gasteiger charge is 2.28. The van der Waals surface area contributed by atoms with Gasteiger partial charge in [-0.2, -0.15) is 9.61 Å². The van der Waals surface area contributed by atoms with Crippen LogP contribution in [0.3, 0.4) is 0 Å². The Morgan fingerprint density at radius 3 is 2.68 bits per heavy atom. The molecule has 2 heterocycles. The highest BCUT2D eigenvalue weighted by Crippen LogP contribution is 2.33. The van der Waals surface area contributed by atoms with Crippen molar-refractivity contribution >= 4 is 11.5 Å². The summed E-state index contributed by atoms with van der Waals surface area (Å²) in [6.07, 6.45) is 0.744. The van der Waals surface area contributed by atoms with Gasteiger partial charge in [0.05, 0.1) is 5.71 Å². The molecular weight excluding hydrogens is 240 g/mol. The maximum absolute atomic E-state index is 8.18. The fourth-order valence-electron chi connectivity index (χ4n) is 2.39. The van der Waals surface area contributed by atoms with Gasteiger partial charge in [0, 0.05) is 17.5 Å². The predicted octanol–water partition coefficient (Wildman–Crippen LogP) is 1.48. The van der Waals surface area contributed by atoms with E-state index in [1.54, 1.807) is 4.52 Å². The summed E-state index contributed by atoms with van der Waals surface area (Å²) in [5.41, 5.74) is 3.55. The van der Waals surface area contributed by atoms with Gasteiger partial charge in [0.1, 0.15) is 11.4 Å². The Balaban J connectivity index is 2.10. The number of hydrogen-bond acceptors (Lipinski definition) is 5. The summed E-state index contributed by atoms with van der Waals surface area (Å²) in [4.78, 5) is 4.42. The Morgan fingerprint density at radius 2 is 1.89 bits per heavy atom. The van der Waals surface area contributed by atoms with Crippen molar-refractivity contribution < 1.29 is 0 Å². The molecule has 1 aliphatic carbocycles. The van der Waals surface area contributed by atoms with E-state index in [9.17, 15) is 0 Å². The van der Waals surface area contributed by atoms with Crippen LogP contribution < -0.4 is 0 Å². The predicted molar refractivity (Wildman–Crippen MR) is 69.3 cm³/mol. The zero-order valence-electron chi connectivity index (χ0n) is 10.3. The van der Waals surface area contributed by atoms with E-state index in [0.717, 1.165) is 29.1 Å². The number of aryl methyl sites for hydroxylation is 1. The minimum Gasteiger partial charge on any atom is -0.298 e. The summed E-state index contributed by atoms with van der Waals surface area (Å²) in [5.74, 6) is 1.23. The minimum atomic E-state index is 0.404. The topological polar surface area (TPSA) is 79.8 Å². The fourth-order valence-corrected chi connectivity index (χ4v) is 2.39. The maximum Gasteiger partial charge on any atom is 0.272 e. The van der Waals surface area contributed by atoms with Gasteiger partial charge in [-0.25, -0.2) is 4.98 Å².